The number of aryl methyl sites for hydroxylation is 2. The molecule has 0 fully saturated rings. The summed E-state index contributed by atoms with van der Waals surface area (Å²) >= 11 is 0. The minimum atomic E-state index is -4.01. The molecule has 0 spiro atoms. The van der Waals surface area contributed by atoms with Crippen LogP contribution in [0.2, 0.25) is 0 Å². The third-order valence-electron chi connectivity index (χ3n) is 8.08. The van der Waals surface area contributed by atoms with Crippen LogP contribution in [-0.2, 0) is 22.8 Å². The van der Waals surface area contributed by atoms with Gasteiger partial charge in [-0.2, -0.15) is 0 Å². The summed E-state index contributed by atoms with van der Waals surface area (Å²) < 4.78 is 28.2. The second kappa shape index (κ2) is 9.94. The Kier molecular flexibility index (Phi) is 6.51. The number of benzene rings is 3. The Bertz CT molecular complexity index is 1990. The lowest BCUT2D eigenvalue weighted by Gasteiger charge is -2.21. The highest BCUT2D eigenvalue weighted by atomic mass is 32.2. The number of nitrogens with two attached hydrogens (primary N) is 1. The minimum absolute atomic E-state index is 0.0886. The molecule has 1 aliphatic rings. The van der Waals surface area contributed by atoms with E-state index in [1.54, 1.807) is 30.5 Å². The van der Waals surface area contributed by atoms with Crippen LogP contribution in [-0.4, -0.2) is 35.8 Å². The summed E-state index contributed by atoms with van der Waals surface area (Å²) in [6, 6.07) is 14.5. The number of aromatic nitrogens is 3. The molecule has 9 heteroatoms. The van der Waals surface area contributed by atoms with E-state index in [2.05, 4.69) is 16.4 Å². The number of sulfone groups is 1. The van der Waals surface area contributed by atoms with Crippen LogP contribution in [0, 0.1) is 27.7 Å². The summed E-state index contributed by atoms with van der Waals surface area (Å²) in [6.45, 7) is 9.34. The number of rotatable bonds is 5. The molecule has 0 bridgehead atoms. The molecule has 5 aromatic rings. The second-order valence-electron chi connectivity index (χ2n) is 10.7. The molecule has 2 aromatic heterocycles. The largest absolute Gasteiger partial charge is 0.366 e. The van der Waals surface area contributed by atoms with E-state index in [4.69, 9.17) is 15.7 Å². The second-order valence-corrected chi connectivity index (χ2v) is 12.6. The van der Waals surface area contributed by atoms with E-state index in [0.717, 1.165) is 52.9 Å². The lowest BCUT2D eigenvalue weighted by Crippen LogP contribution is -2.24. The zero-order valence-electron chi connectivity index (χ0n) is 23.4. The predicted octanol–water partition coefficient (Wildman–Crippen LogP) is 5.10. The van der Waals surface area contributed by atoms with Crippen LogP contribution in [0.5, 0.6) is 0 Å². The maximum absolute atomic E-state index is 14.1. The molecule has 6 rings (SSSR count). The smallest absolute Gasteiger partial charge is 0.248 e. The third kappa shape index (κ3) is 4.51. The number of carbonyl (C=O) groups is 1. The van der Waals surface area contributed by atoms with Crippen LogP contribution >= 0.6 is 0 Å². The molecule has 0 saturated heterocycles. The Balaban J connectivity index is 1.64. The SMILES string of the molecule is Cc1cccc(S(=O)(=O)c2nc3[nH]cc(-c4ccc(C(N)=O)c(C)c4C)c3nc2-c2cc(C)c3c(c2)CCNC3)c1. The van der Waals surface area contributed by atoms with Gasteiger partial charge in [-0.15, -0.1) is 0 Å². The molecular weight excluding hydrogens is 534 g/mol. The molecule has 0 radical (unpaired) electrons. The fourth-order valence-corrected chi connectivity index (χ4v) is 7.16. The first-order chi connectivity index (χ1) is 19.6. The highest BCUT2D eigenvalue weighted by molar-refractivity contribution is 7.91. The molecule has 0 saturated carbocycles. The van der Waals surface area contributed by atoms with Crippen molar-refractivity contribution >= 4 is 26.9 Å². The molecule has 0 atom stereocenters. The van der Waals surface area contributed by atoms with Gasteiger partial charge in [0.25, 0.3) is 0 Å². The number of hydrogen-bond acceptors (Lipinski definition) is 6. The average Bonchev–Trinajstić information content (AvgIpc) is 3.36. The van der Waals surface area contributed by atoms with E-state index >= 15 is 0 Å². The van der Waals surface area contributed by atoms with Crippen molar-refractivity contribution < 1.29 is 13.2 Å². The highest BCUT2D eigenvalue weighted by Crippen LogP contribution is 2.37. The number of fused-ring (bicyclic) bond motifs is 2. The van der Waals surface area contributed by atoms with Crippen LogP contribution in [0.3, 0.4) is 0 Å². The van der Waals surface area contributed by atoms with Crippen molar-refractivity contribution in [1.82, 2.24) is 20.3 Å². The topological polar surface area (TPSA) is 131 Å². The van der Waals surface area contributed by atoms with Gasteiger partial charge in [-0.25, -0.2) is 18.4 Å². The van der Waals surface area contributed by atoms with E-state index in [1.807, 2.05) is 45.9 Å². The van der Waals surface area contributed by atoms with Crippen molar-refractivity contribution in [3.05, 3.63) is 93.7 Å². The first-order valence-electron chi connectivity index (χ1n) is 13.5. The minimum Gasteiger partial charge on any atom is -0.366 e. The van der Waals surface area contributed by atoms with Crippen LogP contribution < -0.4 is 11.1 Å². The molecule has 3 aromatic carbocycles. The van der Waals surface area contributed by atoms with Crippen LogP contribution in [0.25, 0.3) is 33.5 Å². The zero-order valence-corrected chi connectivity index (χ0v) is 24.2. The van der Waals surface area contributed by atoms with Crippen LogP contribution in [0.4, 0.5) is 0 Å². The maximum atomic E-state index is 14.1. The normalized spacial score (nSPS) is 13.4. The van der Waals surface area contributed by atoms with Crippen LogP contribution in [0.1, 0.15) is 43.7 Å². The summed E-state index contributed by atoms with van der Waals surface area (Å²) in [5.41, 5.74) is 15.6. The molecule has 4 N–H and O–H groups in total. The molecular formula is C32H31N5O3S. The van der Waals surface area contributed by atoms with Gasteiger partial charge in [0.05, 0.1) is 4.90 Å². The van der Waals surface area contributed by atoms with Crippen molar-refractivity contribution in [2.45, 2.75) is 50.6 Å². The van der Waals surface area contributed by atoms with Crippen molar-refractivity contribution in [2.75, 3.05) is 6.54 Å². The van der Waals surface area contributed by atoms with E-state index < -0.39 is 15.7 Å². The Labute approximate surface area is 239 Å². The van der Waals surface area contributed by atoms with E-state index in [0.29, 0.717) is 28.0 Å². The van der Waals surface area contributed by atoms with Gasteiger partial charge in [-0.1, -0.05) is 18.2 Å². The van der Waals surface area contributed by atoms with Crippen LogP contribution in [0.15, 0.2) is 64.6 Å². The first kappa shape index (κ1) is 26.9. The van der Waals surface area contributed by atoms with Gasteiger partial charge in [0.1, 0.15) is 11.2 Å². The molecule has 208 valence electrons. The number of aromatic amines is 1. The van der Waals surface area contributed by atoms with Gasteiger partial charge in [-0.05, 0) is 110 Å². The van der Waals surface area contributed by atoms with Gasteiger partial charge in [0.15, 0.2) is 10.7 Å². The molecule has 8 nitrogen and oxygen atoms in total. The molecule has 1 amide bonds. The number of carbonyl (C=O) groups excluding carboxylic acids is 1. The van der Waals surface area contributed by atoms with Gasteiger partial charge in [-0.3, -0.25) is 4.79 Å². The number of nitrogens with one attached hydrogen (secondary N) is 2. The summed E-state index contributed by atoms with van der Waals surface area (Å²) in [5.74, 6) is -0.484. The highest BCUT2D eigenvalue weighted by Gasteiger charge is 2.28. The van der Waals surface area contributed by atoms with E-state index in [1.165, 1.54) is 11.1 Å². The van der Waals surface area contributed by atoms with E-state index in [9.17, 15) is 13.2 Å². The molecule has 41 heavy (non-hydrogen) atoms. The summed E-state index contributed by atoms with van der Waals surface area (Å²) in [5, 5.41) is 3.32. The number of amides is 1. The Morgan fingerprint density at radius 1 is 0.951 bits per heavy atom. The predicted molar refractivity (Wildman–Crippen MR) is 160 cm³/mol. The Morgan fingerprint density at radius 2 is 1.76 bits per heavy atom. The number of H-pyrrole nitrogens is 1. The lowest BCUT2D eigenvalue weighted by molar-refractivity contribution is 0.0999. The first-order valence-corrected chi connectivity index (χ1v) is 15.0. The molecule has 0 aliphatic carbocycles. The fraction of sp³-hybridized carbons (Fsp3) is 0.219. The molecule has 0 unspecified atom stereocenters. The van der Waals surface area contributed by atoms with Gasteiger partial charge < -0.3 is 16.0 Å². The Hall–Kier alpha value is -4.34. The van der Waals surface area contributed by atoms with Gasteiger partial charge in [0.2, 0.25) is 15.7 Å². The zero-order chi connectivity index (χ0) is 29.1. The molecule has 3 heterocycles. The summed E-state index contributed by atoms with van der Waals surface area (Å²) in [4.78, 5) is 25.0. The van der Waals surface area contributed by atoms with Crippen molar-refractivity contribution in [2.24, 2.45) is 5.73 Å². The van der Waals surface area contributed by atoms with Crippen molar-refractivity contribution in [3.8, 4) is 22.4 Å². The van der Waals surface area contributed by atoms with Crippen molar-refractivity contribution in [1.29, 1.82) is 0 Å². The van der Waals surface area contributed by atoms with E-state index in [-0.39, 0.29) is 9.92 Å². The van der Waals surface area contributed by atoms with Gasteiger partial charge in [0, 0.05) is 29.4 Å². The number of primary amides is 1. The maximum Gasteiger partial charge on any atom is 0.248 e. The standard InChI is InChI=1S/C32H31N5O3S/c1-17-6-5-7-23(12-17)41(39,40)32-28(22-13-18(2)26-15-34-11-10-21(26)14-22)36-29-27(16-35-31(29)37-32)24-8-9-25(30(33)38)20(4)19(24)3/h5-9,12-14,16,34H,10-11,15H2,1-4H3,(H2,33,38)(H,35,37). The fourth-order valence-electron chi connectivity index (χ4n) is 5.71. The quantitative estimate of drug-likeness (QED) is 0.272. The average molecular weight is 566 g/mol. The molecule has 1 aliphatic heterocycles. The lowest BCUT2D eigenvalue weighted by atomic mass is 9.93. The van der Waals surface area contributed by atoms with Crippen molar-refractivity contribution in [3.63, 3.8) is 0 Å². The number of hydrogen-bond donors (Lipinski definition) is 3. The third-order valence-corrected chi connectivity index (χ3v) is 9.75. The summed E-state index contributed by atoms with van der Waals surface area (Å²) in [7, 11) is -4.01. The van der Waals surface area contributed by atoms with Gasteiger partial charge >= 0.3 is 0 Å². The number of nitrogens with zero attached hydrogens (tertiary/aromatic N) is 2. The monoisotopic (exact) mass is 565 g/mol. The Morgan fingerprint density at radius 3 is 2.51 bits per heavy atom. The summed E-state index contributed by atoms with van der Waals surface area (Å²) in [6.07, 6.45) is 2.63.